The van der Waals surface area contributed by atoms with Crippen LogP contribution in [-0.2, 0) is 10.0 Å². The fourth-order valence-corrected chi connectivity index (χ4v) is 4.30. The third-order valence-electron chi connectivity index (χ3n) is 4.91. The Bertz CT molecular complexity index is 1260. The molecular weight excluding hydrogens is 390 g/mol. The number of nitrogens with two attached hydrogens (primary N) is 1. The predicted octanol–water partition coefficient (Wildman–Crippen LogP) is 2.20. The molecule has 0 spiro atoms. The molecule has 1 atom stereocenters. The number of rotatable bonds is 4. The molecule has 0 bridgehead atoms. The number of nitrogens with zero attached hydrogens (tertiary/aromatic N) is 3. The maximum absolute atomic E-state index is 12.3. The number of benzene rings is 2. The van der Waals surface area contributed by atoms with Crippen molar-refractivity contribution in [3.63, 3.8) is 0 Å². The molecule has 8 nitrogen and oxygen atoms in total. The van der Waals surface area contributed by atoms with E-state index >= 15 is 0 Å². The molecule has 2 heterocycles. The molecule has 0 aliphatic carbocycles. The molecule has 0 fully saturated rings. The van der Waals surface area contributed by atoms with Gasteiger partial charge in [0.15, 0.2) is 5.69 Å². The van der Waals surface area contributed by atoms with Gasteiger partial charge in [-0.05, 0) is 43.3 Å². The van der Waals surface area contributed by atoms with E-state index in [-0.39, 0.29) is 16.6 Å². The van der Waals surface area contributed by atoms with Gasteiger partial charge in [0.05, 0.1) is 16.1 Å². The van der Waals surface area contributed by atoms with Crippen molar-refractivity contribution in [2.75, 3.05) is 19.4 Å². The molecule has 0 saturated heterocycles. The smallest absolute Gasteiger partial charge is 0.269 e. The van der Waals surface area contributed by atoms with Gasteiger partial charge in [-0.2, -0.15) is 5.10 Å². The number of hydrogen-bond donors (Lipinski definition) is 2. The van der Waals surface area contributed by atoms with Gasteiger partial charge < -0.3 is 11.1 Å². The van der Waals surface area contributed by atoms with Crippen LogP contribution in [0.1, 0.15) is 23.0 Å². The summed E-state index contributed by atoms with van der Waals surface area (Å²) in [5.74, 6) is -0.623. The van der Waals surface area contributed by atoms with Gasteiger partial charge >= 0.3 is 0 Å². The van der Waals surface area contributed by atoms with E-state index < -0.39 is 15.9 Å². The summed E-state index contributed by atoms with van der Waals surface area (Å²) >= 11 is 0. The number of carbonyl (C=O) groups excluding carboxylic acids is 1. The number of nitrogens with one attached hydrogen (secondary N) is 1. The minimum absolute atomic E-state index is 0.166. The summed E-state index contributed by atoms with van der Waals surface area (Å²) in [6.07, 6.45) is 4.02. The van der Waals surface area contributed by atoms with Crippen LogP contribution in [-0.4, -0.2) is 48.5 Å². The third-order valence-corrected chi connectivity index (χ3v) is 6.74. The van der Waals surface area contributed by atoms with Gasteiger partial charge in [0, 0.05) is 36.8 Å². The van der Waals surface area contributed by atoms with Crippen LogP contribution in [0.5, 0.6) is 0 Å². The van der Waals surface area contributed by atoms with Crippen molar-refractivity contribution >= 4 is 38.6 Å². The lowest BCUT2D eigenvalue weighted by Gasteiger charge is -2.20. The second-order valence-corrected chi connectivity index (χ2v) is 9.27. The predicted molar refractivity (Wildman–Crippen MR) is 113 cm³/mol. The molecule has 29 heavy (non-hydrogen) atoms. The van der Waals surface area contributed by atoms with Crippen molar-refractivity contribution < 1.29 is 13.2 Å². The van der Waals surface area contributed by atoms with E-state index in [2.05, 4.69) is 10.4 Å². The summed E-state index contributed by atoms with van der Waals surface area (Å²) in [5, 5.41) is 8.46. The van der Waals surface area contributed by atoms with Gasteiger partial charge in [-0.1, -0.05) is 12.2 Å². The van der Waals surface area contributed by atoms with E-state index in [9.17, 15) is 13.2 Å². The molecule has 1 unspecified atom stereocenters. The molecule has 1 amide bonds. The first-order chi connectivity index (χ1) is 13.7. The zero-order valence-electron chi connectivity index (χ0n) is 16.2. The van der Waals surface area contributed by atoms with Gasteiger partial charge in [0.2, 0.25) is 10.0 Å². The van der Waals surface area contributed by atoms with Crippen molar-refractivity contribution in [1.29, 1.82) is 0 Å². The van der Waals surface area contributed by atoms with Crippen molar-refractivity contribution in [3.8, 4) is 5.69 Å². The SMILES string of the molecule is CC1C=Cc2c(ccc3c(C(N)=O)nn(-c4ccc(S(=O)(=O)N(C)C)cc4)c23)N1. The van der Waals surface area contributed by atoms with E-state index in [0.717, 1.165) is 21.1 Å². The van der Waals surface area contributed by atoms with Gasteiger partial charge in [0.1, 0.15) is 0 Å². The van der Waals surface area contributed by atoms with E-state index in [0.29, 0.717) is 11.1 Å². The van der Waals surface area contributed by atoms with Gasteiger partial charge in [0.25, 0.3) is 5.91 Å². The minimum Gasteiger partial charge on any atom is -0.379 e. The molecule has 3 aromatic rings. The number of fused-ring (bicyclic) bond motifs is 3. The lowest BCUT2D eigenvalue weighted by molar-refractivity contribution is 0.0996. The van der Waals surface area contributed by atoms with Gasteiger partial charge in [-0.3, -0.25) is 4.79 Å². The Balaban J connectivity index is 1.94. The summed E-state index contributed by atoms with van der Waals surface area (Å²) in [4.78, 5) is 12.1. The maximum Gasteiger partial charge on any atom is 0.269 e. The zero-order chi connectivity index (χ0) is 20.9. The number of amides is 1. The van der Waals surface area contributed by atoms with E-state index in [1.807, 2.05) is 31.2 Å². The largest absolute Gasteiger partial charge is 0.379 e. The number of anilines is 1. The molecule has 4 rings (SSSR count). The van der Waals surface area contributed by atoms with Crippen LogP contribution in [0.4, 0.5) is 5.69 Å². The molecule has 1 aliphatic heterocycles. The van der Waals surface area contributed by atoms with Gasteiger partial charge in [-0.15, -0.1) is 0 Å². The van der Waals surface area contributed by atoms with E-state index in [1.165, 1.54) is 26.2 Å². The summed E-state index contributed by atoms with van der Waals surface area (Å²) in [6.45, 7) is 2.04. The number of primary amides is 1. The lowest BCUT2D eigenvalue weighted by atomic mass is 10.0. The standard InChI is InChI=1S/C20H21N5O3S/c1-12-4-9-15-17(22-12)11-10-16-18(20(21)26)23-25(19(15)16)13-5-7-14(8-6-13)29(27,28)24(2)3/h4-12,22H,1-3H3,(H2,21,26). The highest BCUT2D eigenvalue weighted by Crippen LogP contribution is 2.34. The Labute approximate surface area is 168 Å². The highest BCUT2D eigenvalue weighted by molar-refractivity contribution is 7.89. The fourth-order valence-electron chi connectivity index (χ4n) is 3.40. The average Bonchev–Trinajstić information content (AvgIpc) is 3.08. The summed E-state index contributed by atoms with van der Waals surface area (Å²) in [5.41, 5.74) is 8.90. The highest BCUT2D eigenvalue weighted by Gasteiger charge is 2.22. The quantitative estimate of drug-likeness (QED) is 0.684. The molecule has 0 radical (unpaired) electrons. The summed E-state index contributed by atoms with van der Waals surface area (Å²) in [7, 11) is -0.574. The Morgan fingerprint density at radius 2 is 1.86 bits per heavy atom. The van der Waals surface area contributed by atoms with E-state index in [4.69, 9.17) is 5.73 Å². The monoisotopic (exact) mass is 411 g/mol. The second kappa shape index (κ2) is 6.71. The molecule has 9 heteroatoms. The summed E-state index contributed by atoms with van der Waals surface area (Å²) in [6, 6.07) is 10.3. The molecule has 0 saturated carbocycles. The number of hydrogen-bond acceptors (Lipinski definition) is 5. The van der Waals surface area contributed by atoms with Crippen molar-refractivity contribution in [2.24, 2.45) is 5.73 Å². The van der Waals surface area contributed by atoms with Crippen LogP contribution in [0, 0.1) is 0 Å². The summed E-state index contributed by atoms with van der Waals surface area (Å²) < 4.78 is 27.5. The maximum atomic E-state index is 12.3. The third kappa shape index (κ3) is 3.08. The fraction of sp³-hybridized carbons (Fsp3) is 0.200. The van der Waals surface area contributed by atoms with Crippen LogP contribution in [0.3, 0.4) is 0 Å². The zero-order valence-corrected chi connectivity index (χ0v) is 17.1. The second-order valence-electron chi connectivity index (χ2n) is 7.12. The lowest BCUT2D eigenvalue weighted by Crippen LogP contribution is -2.22. The normalized spacial score (nSPS) is 16.1. The van der Waals surface area contributed by atoms with Crippen molar-refractivity contribution in [1.82, 2.24) is 14.1 Å². The van der Waals surface area contributed by atoms with Crippen LogP contribution in [0.15, 0.2) is 47.4 Å². The molecular formula is C20H21N5O3S. The molecule has 150 valence electrons. The Hall–Kier alpha value is -3.17. The minimum atomic E-state index is -3.54. The number of sulfonamides is 1. The van der Waals surface area contributed by atoms with Crippen molar-refractivity contribution in [3.05, 3.63) is 53.7 Å². The van der Waals surface area contributed by atoms with Crippen LogP contribution in [0.25, 0.3) is 22.7 Å². The first-order valence-corrected chi connectivity index (χ1v) is 10.5. The molecule has 2 aromatic carbocycles. The van der Waals surface area contributed by atoms with Gasteiger partial charge in [-0.25, -0.2) is 17.4 Å². The molecule has 1 aliphatic rings. The average molecular weight is 411 g/mol. The van der Waals surface area contributed by atoms with Crippen LogP contribution >= 0.6 is 0 Å². The Morgan fingerprint density at radius 1 is 1.17 bits per heavy atom. The first-order valence-electron chi connectivity index (χ1n) is 9.03. The number of carbonyl (C=O) groups is 1. The Kier molecular flexibility index (Phi) is 4.44. The topological polar surface area (TPSA) is 110 Å². The number of aromatic nitrogens is 2. The van der Waals surface area contributed by atoms with Crippen LogP contribution < -0.4 is 11.1 Å². The van der Waals surface area contributed by atoms with E-state index in [1.54, 1.807) is 16.8 Å². The Morgan fingerprint density at radius 3 is 2.48 bits per heavy atom. The first kappa shape index (κ1) is 19.2. The highest BCUT2D eigenvalue weighted by atomic mass is 32.2. The molecule has 1 aromatic heterocycles. The van der Waals surface area contributed by atoms with Crippen molar-refractivity contribution in [2.45, 2.75) is 17.9 Å². The molecule has 3 N–H and O–H groups in total. The van der Waals surface area contributed by atoms with Crippen LogP contribution in [0.2, 0.25) is 0 Å².